The van der Waals surface area contributed by atoms with Crippen LogP contribution in [0, 0.1) is 5.92 Å². The smallest absolute Gasteiger partial charge is 0.0978 e. The number of benzene rings is 1. The van der Waals surface area contributed by atoms with Crippen molar-refractivity contribution < 1.29 is 4.74 Å². The fraction of sp³-hybridized carbons (Fsp3) is 0.529. The van der Waals surface area contributed by atoms with Gasteiger partial charge in [0.1, 0.15) is 0 Å². The van der Waals surface area contributed by atoms with Crippen LogP contribution in [0.25, 0.3) is 5.57 Å². The predicted octanol–water partition coefficient (Wildman–Crippen LogP) is 5.03. The summed E-state index contributed by atoms with van der Waals surface area (Å²) in [6.45, 7) is 4.33. The van der Waals surface area contributed by atoms with Gasteiger partial charge >= 0.3 is 0 Å². The Morgan fingerprint density at radius 3 is 2.50 bits per heavy atom. The standard InChI is InChI=1S/C17H24O/c1-14(16-9-5-3-6-10-16)13-18-15(2)17-11-7-4-8-12-17/h3,5-6,9-10,13,15,17H,4,7-8,11-12H2,1-2H3/b14-13+. The quantitative estimate of drug-likeness (QED) is 0.675. The molecular formula is C17H24O. The van der Waals surface area contributed by atoms with Crippen molar-refractivity contribution in [2.24, 2.45) is 5.92 Å². The van der Waals surface area contributed by atoms with Crippen LogP contribution in [0.4, 0.5) is 0 Å². The molecule has 0 heterocycles. The molecule has 0 spiro atoms. The summed E-state index contributed by atoms with van der Waals surface area (Å²) in [5.74, 6) is 0.749. The van der Waals surface area contributed by atoms with Gasteiger partial charge in [-0.2, -0.15) is 0 Å². The molecule has 0 aliphatic heterocycles. The average molecular weight is 244 g/mol. The highest BCUT2D eigenvalue weighted by Crippen LogP contribution is 2.28. The van der Waals surface area contributed by atoms with Crippen LogP contribution in [-0.4, -0.2) is 6.10 Å². The molecule has 0 amide bonds. The summed E-state index contributed by atoms with van der Waals surface area (Å²) in [5, 5.41) is 0. The highest BCUT2D eigenvalue weighted by molar-refractivity contribution is 5.62. The summed E-state index contributed by atoms with van der Waals surface area (Å²) < 4.78 is 5.94. The normalized spacial score (nSPS) is 19.6. The Labute approximate surface area is 111 Å². The van der Waals surface area contributed by atoms with Gasteiger partial charge in [0.2, 0.25) is 0 Å². The van der Waals surface area contributed by atoms with Gasteiger partial charge in [0.15, 0.2) is 0 Å². The van der Waals surface area contributed by atoms with Gasteiger partial charge in [-0.1, -0.05) is 49.6 Å². The lowest BCUT2D eigenvalue weighted by atomic mass is 9.86. The predicted molar refractivity (Wildman–Crippen MR) is 77.2 cm³/mol. The minimum atomic E-state index is 0.351. The zero-order valence-corrected chi connectivity index (χ0v) is 11.6. The second-order valence-electron chi connectivity index (χ2n) is 5.41. The topological polar surface area (TPSA) is 9.23 Å². The first kappa shape index (κ1) is 13.2. The SMILES string of the molecule is C/C(=C\OC(C)C1CCCCC1)c1ccccc1. The summed E-state index contributed by atoms with van der Waals surface area (Å²) in [6, 6.07) is 10.4. The Bertz CT molecular complexity index is 374. The molecule has 1 heteroatoms. The molecule has 1 unspecified atom stereocenters. The van der Waals surface area contributed by atoms with E-state index in [-0.39, 0.29) is 0 Å². The number of allylic oxidation sites excluding steroid dienone is 1. The molecule has 0 bridgehead atoms. The Balaban J connectivity index is 1.89. The van der Waals surface area contributed by atoms with Crippen molar-refractivity contribution in [3.05, 3.63) is 42.2 Å². The van der Waals surface area contributed by atoms with Crippen molar-refractivity contribution in [3.8, 4) is 0 Å². The van der Waals surface area contributed by atoms with E-state index in [0.717, 1.165) is 5.92 Å². The minimum Gasteiger partial charge on any atom is -0.498 e. The van der Waals surface area contributed by atoms with Crippen LogP contribution < -0.4 is 0 Å². The molecule has 98 valence electrons. The van der Waals surface area contributed by atoms with Crippen molar-refractivity contribution in [2.75, 3.05) is 0 Å². The molecule has 0 saturated heterocycles. The molecule has 1 aromatic rings. The molecule has 0 N–H and O–H groups in total. The van der Waals surface area contributed by atoms with Crippen molar-refractivity contribution >= 4 is 5.57 Å². The first-order valence-corrected chi connectivity index (χ1v) is 7.15. The van der Waals surface area contributed by atoms with E-state index in [2.05, 4.69) is 38.1 Å². The second kappa shape index (κ2) is 6.63. The highest BCUT2D eigenvalue weighted by Gasteiger charge is 2.20. The maximum Gasteiger partial charge on any atom is 0.0978 e. The van der Waals surface area contributed by atoms with Crippen molar-refractivity contribution in [1.29, 1.82) is 0 Å². The van der Waals surface area contributed by atoms with Gasteiger partial charge in [-0.3, -0.25) is 0 Å². The lowest BCUT2D eigenvalue weighted by molar-refractivity contribution is 0.0821. The van der Waals surface area contributed by atoms with E-state index >= 15 is 0 Å². The minimum absolute atomic E-state index is 0.351. The van der Waals surface area contributed by atoms with Crippen LogP contribution in [-0.2, 0) is 4.74 Å². The van der Waals surface area contributed by atoms with Gasteiger partial charge in [0, 0.05) is 0 Å². The number of hydrogen-bond acceptors (Lipinski definition) is 1. The van der Waals surface area contributed by atoms with Gasteiger partial charge < -0.3 is 4.74 Å². The monoisotopic (exact) mass is 244 g/mol. The zero-order chi connectivity index (χ0) is 12.8. The molecule has 0 aromatic heterocycles. The third-order valence-corrected chi connectivity index (χ3v) is 4.00. The number of rotatable bonds is 4. The van der Waals surface area contributed by atoms with Gasteiger partial charge in [0.05, 0.1) is 12.4 Å². The number of hydrogen-bond donors (Lipinski definition) is 0. The Hall–Kier alpha value is -1.24. The molecule has 1 fully saturated rings. The summed E-state index contributed by atoms with van der Waals surface area (Å²) in [7, 11) is 0. The lowest BCUT2D eigenvalue weighted by Gasteiger charge is -2.27. The lowest BCUT2D eigenvalue weighted by Crippen LogP contribution is -2.21. The molecule has 1 saturated carbocycles. The summed E-state index contributed by atoms with van der Waals surface area (Å²) >= 11 is 0. The molecule has 18 heavy (non-hydrogen) atoms. The Kier molecular flexibility index (Phi) is 4.86. The van der Waals surface area contributed by atoms with Crippen LogP contribution in [0.1, 0.15) is 51.5 Å². The average Bonchev–Trinajstić information content (AvgIpc) is 2.46. The number of ether oxygens (including phenoxy) is 1. The van der Waals surface area contributed by atoms with Gasteiger partial charge in [-0.25, -0.2) is 0 Å². The molecule has 0 radical (unpaired) electrons. The zero-order valence-electron chi connectivity index (χ0n) is 11.6. The van der Waals surface area contributed by atoms with E-state index < -0.39 is 0 Å². The second-order valence-corrected chi connectivity index (χ2v) is 5.41. The van der Waals surface area contributed by atoms with Crippen LogP contribution >= 0.6 is 0 Å². The fourth-order valence-corrected chi connectivity index (χ4v) is 2.69. The molecular weight excluding hydrogens is 220 g/mol. The van der Waals surface area contributed by atoms with Crippen LogP contribution in [0.5, 0.6) is 0 Å². The summed E-state index contributed by atoms with van der Waals surface area (Å²) in [5.41, 5.74) is 2.45. The summed E-state index contributed by atoms with van der Waals surface area (Å²) in [4.78, 5) is 0. The molecule has 1 aromatic carbocycles. The summed E-state index contributed by atoms with van der Waals surface area (Å²) in [6.07, 6.45) is 9.11. The molecule has 1 aliphatic rings. The van der Waals surface area contributed by atoms with E-state index in [1.54, 1.807) is 0 Å². The van der Waals surface area contributed by atoms with Crippen LogP contribution in [0.3, 0.4) is 0 Å². The van der Waals surface area contributed by atoms with Crippen molar-refractivity contribution in [2.45, 2.75) is 52.1 Å². The third kappa shape index (κ3) is 3.63. The van der Waals surface area contributed by atoms with Crippen molar-refractivity contribution in [3.63, 3.8) is 0 Å². The van der Waals surface area contributed by atoms with Gasteiger partial charge in [-0.05, 0) is 43.7 Å². The van der Waals surface area contributed by atoms with Crippen molar-refractivity contribution in [1.82, 2.24) is 0 Å². The van der Waals surface area contributed by atoms with E-state index in [1.807, 2.05) is 12.3 Å². The van der Waals surface area contributed by atoms with E-state index in [9.17, 15) is 0 Å². The van der Waals surface area contributed by atoms with Gasteiger partial charge in [-0.15, -0.1) is 0 Å². The molecule has 1 nitrogen and oxygen atoms in total. The fourth-order valence-electron chi connectivity index (χ4n) is 2.69. The maximum absolute atomic E-state index is 5.94. The first-order valence-electron chi connectivity index (χ1n) is 7.15. The van der Waals surface area contributed by atoms with Crippen LogP contribution in [0.2, 0.25) is 0 Å². The van der Waals surface area contributed by atoms with E-state index in [0.29, 0.717) is 6.10 Å². The Morgan fingerprint density at radius 2 is 1.83 bits per heavy atom. The molecule has 2 rings (SSSR count). The maximum atomic E-state index is 5.94. The molecule has 1 atom stereocenters. The Morgan fingerprint density at radius 1 is 1.17 bits per heavy atom. The van der Waals surface area contributed by atoms with Crippen LogP contribution in [0.15, 0.2) is 36.6 Å². The highest BCUT2D eigenvalue weighted by atomic mass is 16.5. The van der Waals surface area contributed by atoms with Gasteiger partial charge in [0.25, 0.3) is 0 Å². The van der Waals surface area contributed by atoms with E-state index in [4.69, 9.17) is 4.74 Å². The third-order valence-electron chi connectivity index (χ3n) is 4.00. The molecule has 1 aliphatic carbocycles. The first-order chi connectivity index (χ1) is 8.77. The largest absolute Gasteiger partial charge is 0.498 e. The van der Waals surface area contributed by atoms with E-state index in [1.165, 1.54) is 43.2 Å².